The molecule has 1 unspecified atom stereocenters. The third-order valence-corrected chi connectivity index (χ3v) is 3.88. The highest BCUT2D eigenvalue weighted by Crippen LogP contribution is 2.20. The van der Waals surface area contributed by atoms with Crippen LogP contribution >= 0.6 is 11.3 Å². The molecule has 0 aromatic carbocycles. The van der Waals surface area contributed by atoms with Crippen molar-refractivity contribution in [3.63, 3.8) is 0 Å². The molecule has 0 bridgehead atoms. The first-order valence-electron chi connectivity index (χ1n) is 5.61. The first-order chi connectivity index (χ1) is 7.29. The summed E-state index contributed by atoms with van der Waals surface area (Å²) in [6.07, 6.45) is 2.68. The summed E-state index contributed by atoms with van der Waals surface area (Å²) in [6, 6.07) is 0.736. The monoisotopic (exact) mass is 225 g/mol. The number of hydrogen-bond acceptors (Lipinski definition) is 4. The maximum atomic E-state index is 4.61. The Morgan fingerprint density at radius 3 is 3.20 bits per heavy atom. The van der Waals surface area contributed by atoms with Crippen LogP contribution in [0.3, 0.4) is 0 Å². The quantitative estimate of drug-likeness (QED) is 0.847. The number of nitrogens with one attached hydrogen (secondary N) is 1. The molecule has 1 aliphatic heterocycles. The van der Waals surface area contributed by atoms with Crippen LogP contribution < -0.4 is 5.32 Å². The summed E-state index contributed by atoms with van der Waals surface area (Å²) < 4.78 is 0. The van der Waals surface area contributed by atoms with Crippen molar-refractivity contribution in [2.75, 3.05) is 13.6 Å². The predicted molar refractivity (Wildman–Crippen MR) is 64.0 cm³/mol. The van der Waals surface area contributed by atoms with Gasteiger partial charge in [-0.05, 0) is 33.4 Å². The molecule has 0 saturated carbocycles. The zero-order valence-electron chi connectivity index (χ0n) is 9.49. The first kappa shape index (κ1) is 11.0. The van der Waals surface area contributed by atoms with Crippen LogP contribution in [0.15, 0.2) is 5.38 Å². The number of thiazole rings is 1. The molecule has 1 saturated heterocycles. The summed E-state index contributed by atoms with van der Waals surface area (Å²) in [7, 11) is 1.96. The summed E-state index contributed by atoms with van der Waals surface area (Å²) >= 11 is 1.76. The van der Waals surface area contributed by atoms with Gasteiger partial charge in [-0.3, -0.25) is 4.90 Å². The lowest BCUT2D eigenvalue weighted by Gasteiger charge is -2.19. The highest BCUT2D eigenvalue weighted by molar-refractivity contribution is 7.09. The second-order valence-electron chi connectivity index (χ2n) is 4.22. The smallest absolute Gasteiger partial charge is 0.107 e. The largest absolute Gasteiger partial charge is 0.314 e. The van der Waals surface area contributed by atoms with Gasteiger partial charge in [-0.1, -0.05) is 0 Å². The second-order valence-corrected chi connectivity index (χ2v) is 5.17. The molecule has 1 atom stereocenters. The Balaban J connectivity index is 1.92. The van der Waals surface area contributed by atoms with E-state index in [2.05, 4.69) is 27.5 Å². The zero-order chi connectivity index (χ0) is 10.7. The van der Waals surface area contributed by atoms with E-state index in [9.17, 15) is 0 Å². The Kier molecular flexibility index (Phi) is 3.72. The van der Waals surface area contributed by atoms with Gasteiger partial charge < -0.3 is 5.32 Å². The Labute approximate surface area is 95.5 Å². The van der Waals surface area contributed by atoms with Crippen molar-refractivity contribution in [1.29, 1.82) is 0 Å². The lowest BCUT2D eigenvalue weighted by atomic mass is 10.2. The minimum Gasteiger partial charge on any atom is -0.314 e. The zero-order valence-corrected chi connectivity index (χ0v) is 10.3. The van der Waals surface area contributed by atoms with Crippen molar-refractivity contribution < 1.29 is 0 Å². The van der Waals surface area contributed by atoms with E-state index in [0.717, 1.165) is 19.1 Å². The van der Waals surface area contributed by atoms with E-state index >= 15 is 0 Å². The molecule has 1 aromatic rings. The van der Waals surface area contributed by atoms with E-state index < -0.39 is 0 Å². The van der Waals surface area contributed by atoms with Crippen LogP contribution in [0, 0.1) is 0 Å². The number of hydrogen-bond donors (Lipinski definition) is 1. The van der Waals surface area contributed by atoms with Crippen molar-refractivity contribution in [3.8, 4) is 0 Å². The van der Waals surface area contributed by atoms with Crippen LogP contribution in [0.25, 0.3) is 0 Å². The van der Waals surface area contributed by atoms with E-state index in [1.165, 1.54) is 30.1 Å². The Bertz CT molecular complexity index is 311. The van der Waals surface area contributed by atoms with Crippen molar-refractivity contribution in [1.82, 2.24) is 15.2 Å². The molecule has 0 amide bonds. The molecule has 4 heteroatoms. The van der Waals surface area contributed by atoms with Gasteiger partial charge in [0.05, 0.1) is 5.69 Å². The maximum absolute atomic E-state index is 4.61. The maximum Gasteiger partial charge on any atom is 0.107 e. The molecule has 3 nitrogen and oxygen atoms in total. The van der Waals surface area contributed by atoms with E-state index in [4.69, 9.17) is 0 Å². The molecular formula is C11H19N3S. The van der Waals surface area contributed by atoms with Crippen LogP contribution in [-0.4, -0.2) is 29.5 Å². The lowest BCUT2D eigenvalue weighted by molar-refractivity contribution is 0.257. The lowest BCUT2D eigenvalue weighted by Crippen LogP contribution is -2.26. The van der Waals surface area contributed by atoms with Crippen molar-refractivity contribution in [3.05, 3.63) is 16.1 Å². The molecule has 1 N–H and O–H groups in total. The van der Waals surface area contributed by atoms with Gasteiger partial charge in [0.25, 0.3) is 0 Å². The van der Waals surface area contributed by atoms with Crippen molar-refractivity contribution in [2.24, 2.45) is 0 Å². The summed E-state index contributed by atoms with van der Waals surface area (Å²) in [5.74, 6) is 0. The van der Waals surface area contributed by atoms with Crippen molar-refractivity contribution in [2.45, 2.75) is 38.9 Å². The summed E-state index contributed by atoms with van der Waals surface area (Å²) in [5.41, 5.74) is 1.24. The summed E-state index contributed by atoms with van der Waals surface area (Å²) in [4.78, 5) is 7.14. The fourth-order valence-corrected chi connectivity index (χ4v) is 2.89. The third kappa shape index (κ3) is 2.77. The number of nitrogens with zero attached hydrogens (tertiary/aromatic N) is 2. The number of rotatable bonds is 4. The molecule has 1 fully saturated rings. The molecule has 84 valence electrons. The Morgan fingerprint density at radius 2 is 2.53 bits per heavy atom. The molecular weight excluding hydrogens is 206 g/mol. The predicted octanol–water partition coefficient (Wildman–Crippen LogP) is 1.85. The Hall–Kier alpha value is -0.450. The van der Waals surface area contributed by atoms with Gasteiger partial charge in [0.2, 0.25) is 0 Å². The topological polar surface area (TPSA) is 28.2 Å². The van der Waals surface area contributed by atoms with Crippen LogP contribution in [0.5, 0.6) is 0 Å². The number of likely N-dealkylation sites (tertiary alicyclic amines) is 1. The van der Waals surface area contributed by atoms with Crippen molar-refractivity contribution >= 4 is 11.3 Å². The van der Waals surface area contributed by atoms with E-state index in [-0.39, 0.29) is 0 Å². The molecule has 1 aromatic heterocycles. The highest BCUT2D eigenvalue weighted by atomic mass is 32.1. The average Bonchev–Trinajstić information content (AvgIpc) is 2.79. The minimum atomic E-state index is 0.736. The normalized spacial score (nSPS) is 22.4. The SMILES string of the molecule is CNCc1nc(CN2CCCC2C)cs1. The molecule has 0 aliphatic carbocycles. The summed E-state index contributed by atoms with van der Waals surface area (Å²) in [5, 5.41) is 6.52. The molecule has 2 heterocycles. The van der Waals surface area contributed by atoms with Gasteiger partial charge in [0, 0.05) is 24.5 Å². The van der Waals surface area contributed by atoms with E-state index in [1.54, 1.807) is 11.3 Å². The first-order valence-corrected chi connectivity index (χ1v) is 6.49. The standard InChI is InChI=1S/C11H19N3S/c1-9-4-3-5-14(9)7-10-8-15-11(13-10)6-12-2/h8-9,12H,3-7H2,1-2H3. The van der Waals surface area contributed by atoms with Crippen LogP contribution in [0.1, 0.15) is 30.5 Å². The molecule has 15 heavy (non-hydrogen) atoms. The fourth-order valence-electron chi connectivity index (χ4n) is 2.09. The number of aromatic nitrogens is 1. The highest BCUT2D eigenvalue weighted by Gasteiger charge is 2.20. The average molecular weight is 225 g/mol. The van der Waals surface area contributed by atoms with Gasteiger partial charge in [-0.25, -0.2) is 4.98 Å². The van der Waals surface area contributed by atoms with E-state index in [1.807, 2.05) is 7.05 Å². The molecule has 0 spiro atoms. The summed E-state index contributed by atoms with van der Waals surface area (Å²) in [6.45, 7) is 5.47. The van der Waals surface area contributed by atoms with Gasteiger partial charge in [-0.2, -0.15) is 0 Å². The molecule has 2 rings (SSSR count). The second kappa shape index (κ2) is 5.05. The van der Waals surface area contributed by atoms with Crippen LogP contribution in [-0.2, 0) is 13.1 Å². The van der Waals surface area contributed by atoms with Crippen LogP contribution in [0.2, 0.25) is 0 Å². The van der Waals surface area contributed by atoms with Gasteiger partial charge in [-0.15, -0.1) is 11.3 Å². The van der Waals surface area contributed by atoms with Crippen LogP contribution in [0.4, 0.5) is 0 Å². The molecule has 1 aliphatic rings. The third-order valence-electron chi connectivity index (χ3n) is 2.98. The minimum absolute atomic E-state index is 0.736. The van der Waals surface area contributed by atoms with Gasteiger partial charge in [0.1, 0.15) is 5.01 Å². The fraction of sp³-hybridized carbons (Fsp3) is 0.727. The molecule has 0 radical (unpaired) electrons. The van der Waals surface area contributed by atoms with Gasteiger partial charge >= 0.3 is 0 Å². The Morgan fingerprint density at radius 1 is 1.67 bits per heavy atom. The van der Waals surface area contributed by atoms with E-state index in [0.29, 0.717) is 0 Å². The van der Waals surface area contributed by atoms with Gasteiger partial charge in [0.15, 0.2) is 0 Å².